The van der Waals surface area contributed by atoms with Gasteiger partial charge in [0.15, 0.2) is 0 Å². The second-order valence-corrected chi connectivity index (χ2v) is 9.65. The third-order valence-corrected chi connectivity index (χ3v) is 8.10. The lowest BCUT2D eigenvalue weighted by molar-refractivity contribution is 0.659. The summed E-state index contributed by atoms with van der Waals surface area (Å²) in [6.07, 6.45) is 3.87. The molecule has 0 saturated heterocycles. The molecule has 33 heavy (non-hydrogen) atoms. The normalized spacial score (nSPS) is 14.7. The maximum atomic E-state index is 5.12. The lowest BCUT2D eigenvalue weighted by Crippen LogP contribution is -2.63. The average Bonchev–Trinajstić information content (AvgIpc) is 2.89. The van der Waals surface area contributed by atoms with Crippen LogP contribution in [0.3, 0.4) is 0 Å². The number of benzene rings is 3. The van der Waals surface area contributed by atoms with Gasteiger partial charge in [-0.3, -0.25) is 9.97 Å². The van der Waals surface area contributed by atoms with E-state index in [-0.39, 0.29) is 6.71 Å². The van der Waals surface area contributed by atoms with Crippen LogP contribution >= 0.6 is 11.8 Å². The van der Waals surface area contributed by atoms with Gasteiger partial charge in [-0.25, -0.2) is 0 Å². The molecule has 0 bridgehead atoms. The first-order valence-corrected chi connectivity index (χ1v) is 12.0. The van der Waals surface area contributed by atoms with Crippen LogP contribution in [0.2, 0.25) is 0 Å². The van der Waals surface area contributed by atoms with E-state index in [9.17, 15) is 0 Å². The molecule has 2 aliphatic rings. The predicted molar refractivity (Wildman–Crippen MR) is 136 cm³/mol. The Hall–Kier alpha value is -3.63. The van der Waals surface area contributed by atoms with E-state index in [1.807, 2.05) is 24.2 Å². The van der Waals surface area contributed by atoms with Crippen LogP contribution in [-0.2, 0) is 5.41 Å². The number of fused-ring (bicyclic) bond motifs is 8. The Kier molecular flexibility index (Phi) is 4.12. The van der Waals surface area contributed by atoms with Gasteiger partial charge in [-0.2, -0.15) is 0 Å². The van der Waals surface area contributed by atoms with Gasteiger partial charge in [-0.1, -0.05) is 96.1 Å². The molecule has 0 saturated carbocycles. The Balaban J connectivity index is 1.67. The molecule has 3 aromatic carbocycles. The summed E-state index contributed by atoms with van der Waals surface area (Å²) in [7, 11) is 0. The smallest absolute Gasteiger partial charge is 0.246 e. The first-order chi connectivity index (χ1) is 16.4. The van der Waals surface area contributed by atoms with Crippen molar-refractivity contribution >= 4 is 34.9 Å². The fraction of sp³-hybridized carbons (Fsp3) is 0.0345. The second-order valence-electron chi connectivity index (χ2n) is 8.57. The van der Waals surface area contributed by atoms with E-state index in [2.05, 4.69) is 103 Å². The zero-order chi connectivity index (χ0) is 21.8. The van der Waals surface area contributed by atoms with Crippen LogP contribution in [0, 0.1) is 0 Å². The molecule has 0 atom stereocenters. The summed E-state index contributed by atoms with van der Waals surface area (Å²) < 4.78 is 0. The highest BCUT2D eigenvalue weighted by Gasteiger charge is 2.53. The molecule has 2 nitrogen and oxygen atoms in total. The minimum absolute atomic E-state index is 0.0955. The van der Waals surface area contributed by atoms with Gasteiger partial charge in [0.25, 0.3) is 0 Å². The largest absolute Gasteiger partial charge is 0.260 e. The van der Waals surface area contributed by atoms with Crippen molar-refractivity contribution in [1.82, 2.24) is 9.97 Å². The van der Waals surface area contributed by atoms with E-state index in [1.165, 1.54) is 37.3 Å². The Labute approximate surface area is 197 Å². The fourth-order valence-corrected chi connectivity index (χ4v) is 6.91. The third kappa shape index (κ3) is 2.53. The lowest BCUT2D eigenvalue weighted by atomic mass is 9.32. The summed E-state index contributed by atoms with van der Waals surface area (Å²) in [5.74, 6) is 0. The Morgan fingerprint density at radius 3 is 1.64 bits per heavy atom. The van der Waals surface area contributed by atoms with Crippen molar-refractivity contribution in [2.45, 2.75) is 15.2 Å². The number of hydrogen-bond acceptors (Lipinski definition) is 3. The summed E-state index contributed by atoms with van der Waals surface area (Å²) in [6.45, 7) is 0.0955. The molecule has 0 fully saturated rings. The van der Waals surface area contributed by atoms with Crippen molar-refractivity contribution in [3.05, 3.63) is 138 Å². The maximum absolute atomic E-state index is 5.12. The van der Waals surface area contributed by atoms with Gasteiger partial charge in [-0.05, 0) is 46.3 Å². The van der Waals surface area contributed by atoms with Crippen LogP contribution in [0.1, 0.15) is 22.5 Å². The SMILES string of the molecule is c1ccc(B2c3cccnc3C3(c4ccccc4Sc4ccccc43)c3ncccc32)cc1. The molecule has 1 spiro atoms. The van der Waals surface area contributed by atoms with E-state index in [0.717, 1.165) is 11.4 Å². The Bertz CT molecular complexity index is 1420. The highest BCUT2D eigenvalue weighted by atomic mass is 32.2. The molecule has 0 aliphatic carbocycles. The lowest BCUT2D eigenvalue weighted by Gasteiger charge is -2.45. The van der Waals surface area contributed by atoms with Gasteiger partial charge in [0.05, 0.1) is 11.4 Å². The quantitative estimate of drug-likeness (QED) is 0.360. The van der Waals surface area contributed by atoms with Crippen molar-refractivity contribution < 1.29 is 0 Å². The van der Waals surface area contributed by atoms with Gasteiger partial charge >= 0.3 is 0 Å². The molecule has 0 amide bonds. The fourth-order valence-electron chi connectivity index (χ4n) is 5.72. The standard InChI is InChI=1S/C29H19BN2S/c1-2-10-20(11-3-1)30-23-14-8-18-31-27(23)29(28-24(30)15-9-19-32-28)21-12-4-6-16-25(21)33-26-17-7-5-13-22(26)29/h1-19H. The van der Waals surface area contributed by atoms with E-state index >= 15 is 0 Å². The van der Waals surface area contributed by atoms with Crippen LogP contribution in [0.5, 0.6) is 0 Å². The maximum Gasteiger partial charge on any atom is 0.246 e. The zero-order valence-corrected chi connectivity index (χ0v) is 18.7. The number of pyridine rings is 2. The topological polar surface area (TPSA) is 25.8 Å². The van der Waals surface area contributed by atoms with Crippen LogP contribution in [-0.4, -0.2) is 16.7 Å². The van der Waals surface area contributed by atoms with Crippen LogP contribution in [0.15, 0.2) is 125 Å². The number of nitrogens with zero attached hydrogens (tertiary/aromatic N) is 2. The number of aromatic nitrogens is 2. The molecule has 2 aliphatic heterocycles. The first kappa shape index (κ1) is 18.9. The van der Waals surface area contributed by atoms with Gasteiger partial charge in [0.1, 0.15) is 5.41 Å². The van der Waals surface area contributed by atoms with Crippen molar-refractivity contribution in [1.29, 1.82) is 0 Å². The van der Waals surface area contributed by atoms with Crippen LogP contribution in [0.4, 0.5) is 0 Å². The molecule has 0 radical (unpaired) electrons. The van der Waals surface area contributed by atoms with E-state index < -0.39 is 5.41 Å². The van der Waals surface area contributed by atoms with E-state index in [0.29, 0.717) is 0 Å². The van der Waals surface area contributed by atoms with Gasteiger partial charge in [-0.15, -0.1) is 0 Å². The number of hydrogen-bond donors (Lipinski definition) is 0. The van der Waals surface area contributed by atoms with E-state index in [1.54, 1.807) is 0 Å². The summed E-state index contributed by atoms with van der Waals surface area (Å²) in [5, 5.41) is 0. The third-order valence-electron chi connectivity index (χ3n) is 6.95. The molecular weight excluding hydrogens is 419 g/mol. The van der Waals surface area contributed by atoms with Gasteiger partial charge in [0.2, 0.25) is 6.71 Å². The molecule has 5 aromatic rings. The molecule has 4 heteroatoms. The van der Waals surface area contributed by atoms with Crippen molar-refractivity contribution in [3.63, 3.8) is 0 Å². The molecule has 4 heterocycles. The van der Waals surface area contributed by atoms with Crippen LogP contribution in [0.25, 0.3) is 0 Å². The second kappa shape index (κ2) is 7.19. The molecule has 2 aromatic heterocycles. The molecule has 154 valence electrons. The molecule has 7 rings (SSSR count). The Morgan fingerprint density at radius 2 is 1.06 bits per heavy atom. The Morgan fingerprint density at radius 1 is 0.545 bits per heavy atom. The van der Waals surface area contributed by atoms with Gasteiger partial charge in [0, 0.05) is 22.2 Å². The minimum Gasteiger partial charge on any atom is -0.260 e. The monoisotopic (exact) mass is 438 g/mol. The van der Waals surface area contributed by atoms with E-state index in [4.69, 9.17) is 9.97 Å². The molecule has 0 N–H and O–H groups in total. The summed E-state index contributed by atoms with van der Waals surface area (Å²) in [5.41, 5.74) is 7.93. The molecule has 0 unspecified atom stereocenters. The summed E-state index contributed by atoms with van der Waals surface area (Å²) in [4.78, 5) is 12.8. The summed E-state index contributed by atoms with van der Waals surface area (Å²) >= 11 is 1.84. The minimum atomic E-state index is -0.545. The average molecular weight is 438 g/mol. The molecular formula is C29H19BN2S. The van der Waals surface area contributed by atoms with Gasteiger partial charge < -0.3 is 0 Å². The van der Waals surface area contributed by atoms with Crippen molar-refractivity contribution in [3.8, 4) is 0 Å². The number of rotatable bonds is 1. The van der Waals surface area contributed by atoms with Crippen molar-refractivity contribution in [2.75, 3.05) is 0 Å². The van der Waals surface area contributed by atoms with Crippen LogP contribution < -0.4 is 16.4 Å². The van der Waals surface area contributed by atoms with Crippen molar-refractivity contribution in [2.24, 2.45) is 0 Å². The highest BCUT2D eigenvalue weighted by Crippen LogP contribution is 2.54. The predicted octanol–water partition coefficient (Wildman–Crippen LogP) is 4.15. The highest BCUT2D eigenvalue weighted by molar-refractivity contribution is 7.99. The summed E-state index contributed by atoms with van der Waals surface area (Å²) in [6, 6.07) is 36.9. The zero-order valence-electron chi connectivity index (χ0n) is 17.8. The first-order valence-electron chi connectivity index (χ1n) is 11.2.